The molecule has 3 aromatic carbocycles. The molecular formula is C27H25FN4O4. The van der Waals surface area contributed by atoms with E-state index in [2.05, 4.69) is 10.6 Å². The van der Waals surface area contributed by atoms with Gasteiger partial charge in [0, 0.05) is 24.3 Å². The molecule has 0 saturated heterocycles. The molecule has 8 nitrogen and oxygen atoms in total. The highest BCUT2D eigenvalue weighted by atomic mass is 19.1. The van der Waals surface area contributed by atoms with E-state index in [1.807, 2.05) is 18.2 Å². The third-order valence-electron chi connectivity index (χ3n) is 5.64. The highest BCUT2D eigenvalue weighted by molar-refractivity contribution is 5.92. The molecule has 184 valence electrons. The van der Waals surface area contributed by atoms with E-state index >= 15 is 0 Å². The second-order valence-electron chi connectivity index (χ2n) is 8.27. The first-order valence-corrected chi connectivity index (χ1v) is 11.5. The van der Waals surface area contributed by atoms with Gasteiger partial charge in [0.25, 0.3) is 5.56 Å². The van der Waals surface area contributed by atoms with E-state index in [0.29, 0.717) is 29.4 Å². The zero-order valence-electron chi connectivity index (χ0n) is 19.4. The number of nitrogens with zero attached hydrogens (tertiary/aromatic N) is 2. The molecule has 0 aliphatic rings. The minimum absolute atomic E-state index is 0.104. The fraction of sp³-hybridized carbons (Fsp3) is 0.185. The van der Waals surface area contributed by atoms with E-state index in [4.69, 9.17) is 0 Å². The van der Waals surface area contributed by atoms with Gasteiger partial charge in [0.15, 0.2) is 0 Å². The van der Waals surface area contributed by atoms with E-state index in [9.17, 15) is 23.6 Å². The van der Waals surface area contributed by atoms with Gasteiger partial charge in [-0.25, -0.2) is 9.18 Å². The molecular weight excluding hydrogens is 463 g/mol. The lowest BCUT2D eigenvalue weighted by molar-refractivity contribution is -0.117. The number of carbonyl (C=O) groups is 2. The van der Waals surface area contributed by atoms with E-state index in [1.165, 1.54) is 28.8 Å². The molecule has 4 rings (SSSR count). The number of hydrogen-bond acceptors (Lipinski definition) is 4. The highest BCUT2D eigenvalue weighted by Crippen LogP contribution is 2.12. The minimum Gasteiger partial charge on any atom is -0.326 e. The molecule has 0 aliphatic heterocycles. The molecule has 0 aliphatic carbocycles. The van der Waals surface area contributed by atoms with E-state index in [1.54, 1.807) is 36.4 Å². The van der Waals surface area contributed by atoms with Crippen LogP contribution in [0, 0.1) is 5.82 Å². The van der Waals surface area contributed by atoms with Gasteiger partial charge in [-0.2, -0.15) is 0 Å². The summed E-state index contributed by atoms with van der Waals surface area (Å²) in [7, 11) is 0. The number of anilines is 2. The lowest BCUT2D eigenvalue weighted by Gasteiger charge is -2.14. The van der Waals surface area contributed by atoms with Crippen LogP contribution >= 0.6 is 0 Å². The van der Waals surface area contributed by atoms with Crippen LogP contribution in [-0.4, -0.2) is 20.9 Å². The number of unbranched alkanes of at least 4 members (excludes halogenated alkanes) is 1. The molecule has 36 heavy (non-hydrogen) atoms. The Labute approximate surface area is 206 Å². The molecule has 0 atom stereocenters. The molecule has 1 heterocycles. The molecule has 2 N–H and O–H groups in total. The zero-order valence-corrected chi connectivity index (χ0v) is 19.4. The summed E-state index contributed by atoms with van der Waals surface area (Å²) < 4.78 is 15.8. The van der Waals surface area contributed by atoms with Crippen LogP contribution in [0.5, 0.6) is 0 Å². The summed E-state index contributed by atoms with van der Waals surface area (Å²) in [6.45, 7) is -0.248. The topological polar surface area (TPSA) is 102 Å². The molecule has 1 aromatic heterocycles. The van der Waals surface area contributed by atoms with Gasteiger partial charge in [-0.15, -0.1) is 0 Å². The lowest BCUT2D eigenvalue weighted by Crippen LogP contribution is -2.41. The van der Waals surface area contributed by atoms with Gasteiger partial charge < -0.3 is 10.6 Å². The number of para-hydroxylation sites is 2. The minimum atomic E-state index is -0.623. The Kier molecular flexibility index (Phi) is 7.69. The van der Waals surface area contributed by atoms with Crippen LogP contribution in [-0.2, 0) is 22.7 Å². The average molecular weight is 489 g/mol. The second kappa shape index (κ2) is 11.3. The van der Waals surface area contributed by atoms with Crippen molar-refractivity contribution in [3.63, 3.8) is 0 Å². The third kappa shape index (κ3) is 5.93. The van der Waals surface area contributed by atoms with Crippen LogP contribution in [0.1, 0.15) is 19.3 Å². The van der Waals surface area contributed by atoms with Crippen molar-refractivity contribution >= 4 is 34.1 Å². The number of amides is 2. The molecule has 9 heteroatoms. The van der Waals surface area contributed by atoms with Gasteiger partial charge in [-0.05, 0) is 55.3 Å². The van der Waals surface area contributed by atoms with E-state index < -0.39 is 23.0 Å². The Morgan fingerprint density at radius 1 is 0.750 bits per heavy atom. The fourth-order valence-electron chi connectivity index (χ4n) is 3.93. The molecule has 2 amide bonds. The van der Waals surface area contributed by atoms with Crippen LogP contribution in [0.25, 0.3) is 10.9 Å². The Balaban J connectivity index is 1.48. The number of carbonyl (C=O) groups excluding carboxylic acids is 2. The van der Waals surface area contributed by atoms with Crippen molar-refractivity contribution in [1.82, 2.24) is 9.13 Å². The molecule has 4 aromatic rings. The van der Waals surface area contributed by atoms with Crippen LogP contribution in [0.15, 0.2) is 88.5 Å². The Morgan fingerprint density at radius 3 is 2.22 bits per heavy atom. The maximum absolute atomic E-state index is 13.5. The molecule has 0 fully saturated rings. The number of rotatable bonds is 9. The summed E-state index contributed by atoms with van der Waals surface area (Å²) in [6, 6.07) is 21.1. The number of nitrogens with one attached hydrogen (secondary N) is 2. The number of hydrogen-bond donors (Lipinski definition) is 2. The van der Waals surface area contributed by atoms with Crippen molar-refractivity contribution in [3.8, 4) is 0 Å². The summed E-state index contributed by atoms with van der Waals surface area (Å²) in [5.41, 5.74) is 0.223. The first kappa shape index (κ1) is 24.6. The largest absolute Gasteiger partial charge is 0.331 e. The number of benzene rings is 3. The third-order valence-corrected chi connectivity index (χ3v) is 5.64. The number of aromatic nitrogens is 2. The first-order chi connectivity index (χ1) is 17.4. The summed E-state index contributed by atoms with van der Waals surface area (Å²) in [5, 5.41) is 5.68. The van der Waals surface area contributed by atoms with Crippen LogP contribution < -0.4 is 21.9 Å². The average Bonchev–Trinajstić information content (AvgIpc) is 2.86. The van der Waals surface area contributed by atoms with Gasteiger partial charge in [0.2, 0.25) is 11.8 Å². The predicted molar refractivity (Wildman–Crippen MR) is 136 cm³/mol. The van der Waals surface area contributed by atoms with E-state index in [0.717, 1.165) is 4.57 Å². The molecule has 0 saturated carbocycles. The van der Waals surface area contributed by atoms with Crippen LogP contribution in [0.4, 0.5) is 15.8 Å². The van der Waals surface area contributed by atoms with Gasteiger partial charge in [-0.1, -0.05) is 36.4 Å². The van der Waals surface area contributed by atoms with Gasteiger partial charge in [0.1, 0.15) is 12.4 Å². The molecule has 0 spiro atoms. The molecule has 0 radical (unpaired) electrons. The smallest absolute Gasteiger partial charge is 0.326 e. The Hall–Kier alpha value is -4.53. The van der Waals surface area contributed by atoms with Crippen molar-refractivity contribution in [1.29, 1.82) is 0 Å². The molecule has 0 unspecified atom stereocenters. The van der Waals surface area contributed by atoms with E-state index in [-0.39, 0.29) is 31.1 Å². The van der Waals surface area contributed by atoms with Crippen molar-refractivity contribution < 1.29 is 14.0 Å². The summed E-state index contributed by atoms with van der Waals surface area (Å²) in [6.07, 6.45) is 1.13. The van der Waals surface area contributed by atoms with Gasteiger partial charge in [0.05, 0.1) is 10.9 Å². The van der Waals surface area contributed by atoms with Crippen molar-refractivity contribution in [2.24, 2.45) is 0 Å². The Bertz CT molecular complexity index is 1510. The number of halogens is 1. The first-order valence-electron chi connectivity index (χ1n) is 11.5. The highest BCUT2D eigenvalue weighted by Gasteiger charge is 2.15. The summed E-state index contributed by atoms with van der Waals surface area (Å²) in [4.78, 5) is 51.0. The maximum atomic E-state index is 13.5. The normalized spacial score (nSPS) is 10.8. The van der Waals surface area contributed by atoms with Gasteiger partial charge in [-0.3, -0.25) is 23.5 Å². The zero-order chi connectivity index (χ0) is 25.5. The second-order valence-corrected chi connectivity index (χ2v) is 8.27. The predicted octanol–water partition coefficient (Wildman–Crippen LogP) is 3.75. The van der Waals surface area contributed by atoms with Gasteiger partial charge >= 0.3 is 5.69 Å². The fourth-order valence-corrected chi connectivity index (χ4v) is 3.93. The Morgan fingerprint density at radius 2 is 1.44 bits per heavy atom. The standard InChI is InChI=1S/C27H25FN4O4/c28-19-9-8-12-21(17-19)30-25(34)18-32-23-14-5-4-13-22(23)26(35)31(27(32)36)16-7-6-15-24(33)29-20-10-2-1-3-11-20/h1-5,8-14,17H,6-7,15-16,18H2,(H,29,33)(H,30,34). The SMILES string of the molecule is O=C(CCCCn1c(=O)c2ccccc2n(CC(=O)Nc2cccc(F)c2)c1=O)Nc1ccccc1. The van der Waals surface area contributed by atoms with Crippen LogP contribution in [0.3, 0.4) is 0 Å². The maximum Gasteiger partial charge on any atom is 0.331 e. The quantitative estimate of drug-likeness (QED) is 0.350. The van der Waals surface area contributed by atoms with Crippen molar-refractivity contribution in [2.45, 2.75) is 32.4 Å². The lowest BCUT2D eigenvalue weighted by atomic mass is 10.2. The number of fused-ring (bicyclic) bond motifs is 1. The molecule has 0 bridgehead atoms. The van der Waals surface area contributed by atoms with Crippen molar-refractivity contribution in [3.05, 3.63) is 106 Å². The summed E-state index contributed by atoms with van der Waals surface area (Å²) >= 11 is 0. The van der Waals surface area contributed by atoms with Crippen LogP contribution in [0.2, 0.25) is 0 Å². The monoisotopic (exact) mass is 488 g/mol. The summed E-state index contributed by atoms with van der Waals surface area (Å²) in [5.74, 6) is -1.18. The van der Waals surface area contributed by atoms with Crippen molar-refractivity contribution in [2.75, 3.05) is 10.6 Å².